The molecule has 0 aromatic heterocycles. The lowest BCUT2D eigenvalue weighted by Crippen LogP contribution is -2.25. The smallest absolute Gasteiger partial charge is 0.127 e. The van der Waals surface area contributed by atoms with E-state index in [2.05, 4.69) is 90.1 Å². The van der Waals surface area contributed by atoms with Crippen molar-refractivity contribution in [2.45, 2.75) is 137 Å². The SMILES string of the molecule is CCCCCCC1(CCCCCC)c2cc(C)ccc2-c2ccc(-c3cc(OCC(CC)CCCC)c(C)cc3OC)cc21. The van der Waals surface area contributed by atoms with Gasteiger partial charge in [0, 0.05) is 11.0 Å². The summed E-state index contributed by atoms with van der Waals surface area (Å²) in [5.41, 5.74) is 10.9. The van der Waals surface area contributed by atoms with Crippen LogP contribution in [0.4, 0.5) is 0 Å². The largest absolute Gasteiger partial charge is 0.496 e. The monoisotopic (exact) mass is 596 g/mol. The molecule has 240 valence electrons. The van der Waals surface area contributed by atoms with Gasteiger partial charge in [0.05, 0.1) is 13.7 Å². The summed E-state index contributed by atoms with van der Waals surface area (Å²) in [7, 11) is 1.80. The second-order valence-electron chi connectivity index (χ2n) is 13.6. The number of fused-ring (bicyclic) bond motifs is 3. The van der Waals surface area contributed by atoms with Gasteiger partial charge in [-0.3, -0.25) is 0 Å². The molecule has 0 bridgehead atoms. The first-order chi connectivity index (χ1) is 21.4. The zero-order valence-electron chi connectivity index (χ0n) is 29.1. The molecule has 3 aromatic rings. The Morgan fingerprint density at radius 2 is 1.27 bits per heavy atom. The maximum absolute atomic E-state index is 6.54. The van der Waals surface area contributed by atoms with Crippen LogP contribution in [0.25, 0.3) is 22.3 Å². The van der Waals surface area contributed by atoms with Crippen molar-refractivity contribution in [3.05, 3.63) is 70.8 Å². The van der Waals surface area contributed by atoms with E-state index in [1.165, 1.54) is 111 Å². The van der Waals surface area contributed by atoms with E-state index in [4.69, 9.17) is 9.47 Å². The molecule has 2 nitrogen and oxygen atoms in total. The molecule has 1 unspecified atom stereocenters. The first kappa shape index (κ1) is 34.1. The van der Waals surface area contributed by atoms with Gasteiger partial charge < -0.3 is 9.47 Å². The zero-order valence-corrected chi connectivity index (χ0v) is 29.1. The van der Waals surface area contributed by atoms with E-state index >= 15 is 0 Å². The van der Waals surface area contributed by atoms with Crippen LogP contribution in [0.3, 0.4) is 0 Å². The minimum absolute atomic E-state index is 0.0685. The Kier molecular flexibility index (Phi) is 12.8. The van der Waals surface area contributed by atoms with Crippen LogP contribution in [0.1, 0.15) is 140 Å². The van der Waals surface area contributed by atoms with E-state index in [-0.39, 0.29) is 5.41 Å². The number of unbranched alkanes of at least 4 members (excludes halogenated alkanes) is 7. The van der Waals surface area contributed by atoms with Gasteiger partial charge in [-0.25, -0.2) is 0 Å². The fourth-order valence-electron chi connectivity index (χ4n) is 7.46. The summed E-state index contributed by atoms with van der Waals surface area (Å²) in [5, 5.41) is 0. The normalized spacial score (nSPS) is 13.9. The summed E-state index contributed by atoms with van der Waals surface area (Å²) in [4.78, 5) is 0. The van der Waals surface area contributed by atoms with Crippen molar-refractivity contribution in [3.8, 4) is 33.8 Å². The molecule has 1 atom stereocenters. The molecule has 0 radical (unpaired) electrons. The molecule has 1 aliphatic rings. The first-order valence-corrected chi connectivity index (χ1v) is 18.0. The van der Waals surface area contributed by atoms with Gasteiger partial charge in [-0.1, -0.05) is 134 Å². The van der Waals surface area contributed by atoms with Crippen molar-refractivity contribution in [2.75, 3.05) is 13.7 Å². The third kappa shape index (κ3) is 7.72. The Labute approximate surface area is 270 Å². The Balaban J connectivity index is 1.78. The lowest BCUT2D eigenvalue weighted by Gasteiger charge is -2.33. The van der Waals surface area contributed by atoms with Crippen LogP contribution in [-0.2, 0) is 5.41 Å². The maximum atomic E-state index is 6.54. The van der Waals surface area contributed by atoms with Crippen molar-refractivity contribution >= 4 is 0 Å². The fraction of sp³-hybridized carbons (Fsp3) is 0.571. The van der Waals surface area contributed by atoms with E-state index < -0.39 is 0 Å². The summed E-state index contributed by atoms with van der Waals surface area (Å²) < 4.78 is 12.6. The highest BCUT2D eigenvalue weighted by atomic mass is 16.5. The van der Waals surface area contributed by atoms with E-state index in [0.717, 1.165) is 35.7 Å². The number of hydrogen-bond acceptors (Lipinski definition) is 2. The highest BCUT2D eigenvalue weighted by Gasteiger charge is 2.42. The van der Waals surface area contributed by atoms with Crippen molar-refractivity contribution in [3.63, 3.8) is 0 Å². The summed E-state index contributed by atoms with van der Waals surface area (Å²) >= 11 is 0. The molecule has 0 saturated heterocycles. The second-order valence-corrected chi connectivity index (χ2v) is 13.6. The number of ether oxygens (including phenoxy) is 2. The van der Waals surface area contributed by atoms with Gasteiger partial charge in [-0.15, -0.1) is 0 Å². The second kappa shape index (κ2) is 16.5. The molecule has 0 heterocycles. The third-order valence-corrected chi connectivity index (χ3v) is 10.3. The quantitative estimate of drug-likeness (QED) is 0.128. The summed E-state index contributed by atoms with van der Waals surface area (Å²) in [5.74, 6) is 2.51. The first-order valence-electron chi connectivity index (χ1n) is 18.0. The van der Waals surface area contributed by atoms with Gasteiger partial charge in [0.25, 0.3) is 0 Å². The highest BCUT2D eigenvalue weighted by Crippen LogP contribution is 2.55. The van der Waals surface area contributed by atoms with Crippen molar-refractivity contribution < 1.29 is 9.47 Å². The van der Waals surface area contributed by atoms with E-state index in [0.29, 0.717) is 5.92 Å². The molecule has 0 spiro atoms. The predicted octanol–water partition coefficient (Wildman–Crippen LogP) is 12.8. The molecule has 0 saturated carbocycles. The zero-order chi connectivity index (χ0) is 31.5. The molecule has 1 aliphatic carbocycles. The van der Waals surface area contributed by atoms with Gasteiger partial charge in [0.2, 0.25) is 0 Å². The Morgan fingerprint density at radius 3 is 1.89 bits per heavy atom. The van der Waals surface area contributed by atoms with Crippen LogP contribution < -0.4 is 9.47 Å². The number of aryl methyl sites for hydroxylation is 2. The minimum Gasteiger partial charge on any atom is -0.496 e. The van der Waals surface area contributed by atoms with E-state index in [1.54, 1.807) is 12.7 Å². The van der Waals surface area contributed by atoms with E-state index in [9.17, 15) is 0 Å². The summed E-state index contributed by atoms with van der Waals surface area (Å²) in [6.45, 7) is 14.4. The lowest BCUT2D eigenvalue weighted by atomic mass is 9.70. The fourth-order valence-corrected chi connectivity index (χ4v) is 7.46. The Morgan fingerprint density at radius 1 is 0.636 bits per heavy atom. The molecule has 0 amide bonds. The van der Waals surface area contributed by atoms with Crippen LogP contribution in [-0.4, -0.2) is 13.7 Å². The summed E-state index contributed by atoms with van der Waals surface area (Å²) in [6, 6.07) is 18.9. The summed E-state index contributed by atoms with van der Waals surface area (Å²) in [6.07, 6.45) is 17.7. The average molecular weight is 597 g/mol. The number of benzene rings is 3. The number of rotatable bonds is 19. The van der Waals surface area contributed by atoms with Crippen LogP contribution >= 0.6 is 0 Å². The van der Waals surface area contributed by atoms with Gasteiger partial charge in [-0.2, -0.15) is 0 Å². The molecule has 2 heteroatoms. The number of hydrogen-bond donors (Lipinski definition) is 0. The minimum atomic E-state index is 0.0685. The third-order valence-electron chi connectivity index (χ3n) is 10.3. The average Bonchev–Trinajstić information content (AvgIpc) is 3.30. The van der Waals surface area contributed by atoms with Crippen LogP contribution in [0.15, 0.2) is 48.5 Å². The molecular weight excluding hydrogens is 536 g/mol. The topological polar surface area (TPSA) is 18.5 Å². The van der Waals surface area contributed by atoms with Gasteiger partial charge in [0.15, 0.2) is 0 Å². The molecule has 0 N–H and O–H groups in total. The standard InChI is InChI=1S/C42H60O2/c1-8-12-15-17-24-42(25-18-16-13-9-2)38-26-31(5)20-22-35(38)36-23-21-34(28-39(36)42)37-29-40(32(6)27-41(37)43-7)44-30-33(11-4)19-14-10-3/h20-23,26-29,33H,8-19,24-25,30H2,1-7H3. The predicted molar refractivity (Wildman–Crippen MR) is 190 cm³/mol. The van der Waals surface area contributed by atoms with Crippen molar-refractivity contribution in [1.29, 1.82) is 0 Å². The molecule has 44 heavy (non-hydrogen) atoms. The van der Waals surface area contributed by atoms with Crippen molar-refractivity contribution in [2.24, 2.45) is 5.92 Å². The molecule has 0 aliphatic heterocycles. The van der Waals surface area contributed by atoms with Gasteiger partial charge in [0.1, 0.15) is 11.5 Å². The van der Waals surface area contributed by atoms with Crippen molar-refractivity contribution in [1.82, 2.24) is 0 Å². The van der Waals surface area contributed by atoms with Gasteiger partial charge in [-0.05, 0) is 90.6 Å². The Hall–Kier alpha value is -2.74. The molecular formula is C42H60O2. The van der Waals surface area contributed by atoms with Crippen LogP contribution in [0.2, 0.25) is 0 Å². The van der Waals surface area contributed by atoms with Crippen LogP contribution in [0.5, 0.6) is 11.5 Å². The van der Waals surface area contributed by atoms with E-state index in [1.807, 2.05) is 0 Å². The molecule has 0 fully saturated rings. The van der Waals surface area contributed by atoms with Gasteiger partial charge >= 0.3 is 0 Å². The lowest BCUT2D eigenvalue weighted by molar-refractivity contribution is 0.232. The molecule has 4 rings (SSSR count). The molecule has 3 aromatic carbocycles. The Bertz CT molecular complexity index is 1320. The highest BCUT2D eigenvalue weighted by molar-refractivity contribution is 5.85. The number of methoxy groups -OCH3 is 1. The maximum Gasteiger partial charge on any atom is 0.127 e. The van der Waals surface area contributed by atoms with Crippen LogP contribution in [0, 0.1) is 19.8 Å².